The van der Waals surface area contributed by atoms with Crippen molar-refractivity contribution in [2.75, 3.05) is 45.9 Å². The molecule has 5 heteroatoms. The number of hydrogen-bond acceptors (Lipinski definition) is 5. The summed E-state index contributed by atoms with van der Waals surface area (Å²) in [5.41, 5.74) is 0. The van der Waals surface area contributed by atoms with E-state index in [2.05, 4.69) is 9.80 Å². The van der Waals surface area contributed by atoms with Crippen LogP contribution in [0.15, 0.2) is 0 Å². The number of rotatable bonds is 3. The van der Waals surface area contributed by atoms with E-state index in [1.54, 1.807) is 0 Å². The Morgan fingerprint density at radius 1 is 1.31 bits per heavy atom. The monoisotopic (exact) mass is 228 g/mol. The minimum atomic E-state index is -0.0596. The van der Waals surface area contributed by atoms with Gasteiger partial charge in [-0.15, -0.1) is 0 Å². The number of ether oxygens (including phenoxy) is 1. The maximum absolute atomic E-state index is 11.5. The van der Waals surface area contributed by atoms with E-state index < -0.39 is 0 Å². The molecule has 2 aliphatic heterocycles. The highest BCUT2D eigenvalue weighted by molar-refractivity contribution is 5.77. The van der Waals surface area contributed by atoms with Crippen LogP contribution in [0.1, 0.15) is 12.8 Å². The number of hydrogen-bond donors (Lipinski definition) is 1. The lowest BCUT2D eigenvalue weighted by atomic mass is 10.2. The number of esters is 1. The second kappa shape index (κ2) is 5.61. The van der Waals surface area contributed by atoms with E-state index in [0.29, 0.717) is 6.61 Å². The van der Waals surface area contributed by atoms with Crippen LogP contribution in [0.3, 0.4) is 0 Å². The van der Waals surface area contributed by atoms with E-state index in [1.165, 1.54) is 0 Å². The maximum atomic E-state index is 11.5. The lowest BCUT2D eigenvalue weighted by Crippen LogP contribution is -2.41. The van der Waals surface area contributed by atoms with Crippen molar-refractivity contribution < 1.29 is 14.6 Å². The van der Waals surface area contributed by atoms with Gasteiger partial charge in [0.05, 0.1) is 13.2 Å². The topological polar surface area (TPSA) is 53.0 Å². The van der Waals surface area contributed by atoms with E-state index in [9.17, 15) is 4.79 Å². The Kier molecular flexibility index (Phi) is 4.15. The summed E-state index contributed by atoms with van der Waals surface area (Å²) >= 11 is 0. The molecule has 0 radical (unpaired) electrons. The van der Waals surface area contributed by atoms with Crippen molar-refractivity contribution >= 4 is 5.97 Å². The zero-order valence-corrected chi connectivity index (χ0v) is 9.60. The van der Waals surface area contributed by atoms with E-state index in [-0.39, 0.29) is 18.6 Å². The molecule has 2 aliphatic rings. The highest BCUT2D eigenvalue weighted by atomic mass is 16.5. The van der Waals surface area contributed by atoms with Gasteiger partial charge in [-0.05, 0) is 13.0 Å². The average Bonchev–Trinajstić information content (AvgIpc) is 2.57. The molecule has 2 fully saturated rings. The summed E-state index contributed by atoms with van der Waals surface area (Å²) < 4.78 is 5.00. The number of nitrogens with zero attached hydrogens (tertiary/aromatic N) is 2. The van der Waals surface area contributed by atoms with Crippen LogP contribution in [0.2, 0.25) is 0 Å². The first-order chi connectivity index (χ1) is 7.81. The third kappa shape index (κ3) is 2.72. The van der Waals surface area contributed by atoms with Gasteiger partial charge in [0.15, 0.2) is 0 Å². The molecule has 0 bridgehead atoms. The van der Waals surface area contributed by atoms with Crippen molar-refractivity contribution in [2.24, 2.45) is 0 Å². The normalized spacial score (nSPS) is 29.1. The van der Waals surface area contributed by atoms with Crippen LogP contribution in [0.4, 0.5) is 0 Å². The average molecular weight is 228 g/mol. The molecule has 2 heterocycles. The van der Waals surface area contributed by atoms with Crippen LogP contribution < -0.4 is 0 Å². The van der Waals surface area contributed by atoms with Gasteiger partial charge in [-0.2, -0.15) is 0 Å². The van der Waals surface area contributed by atoms with Gasteiger partial charge in [-0.25, -0.2) is 0 Å². The molecule has 1 N–H and O–H groups in total. The van der Waals surface area contributed by atoms with Gasteiger partial charge < -0.3 is 9.84 Å². The Balaban J connectivity index is 1.85. The summed E-state index contributed by atoms with van der Waals surface area (Å²) in [5, 5.41) is 8.90. The lowest BCUT2D eigenvalue weighted by Gasteiger charge is -2.24. The van der Waals surface area contributed by atoms with Crippen LogP contribution in [0.5, 0.6) is 0 Å². The summed E-state index contributed by atoms with van der Waals surface area (Å²) in [6.07, 6.45) is 1.89. The molecular formula is C11H20N2O3. The molecule has 0 amide bonds. The molecule has 16 heavy (non-hydrogen) atoms. The van der Waals surface area contributed by atoms with Crippen molar-refractivity contribution in [3.05, 3.63) is 0 Å². The Labute approximate surface area is 96.0 Å². The van der Waals surface area contributed by atoms with Gasteiger partial charge >= 0.3 is 5.97 Å². The molecular weight excluding hydrogens is 208 g/mol. The first kappa shape index (κ1) is 11.8. The standard InChI is InChI=1S/C11H20N2O3/c14-8-7-12-3-1-4-13(6-5-12)10-2-9-16-11(10)15/h10,14H,1-9H2. The van der Waals surface area contributed by atoms with Gasteiger partial charge in [0, 0.05) is 32.6 Å². The molecule has 0 aromatic heterocycles. The highest BCUT2D eigenvalue weighted by Crippen LogP contribution is 2.16. The second-order valence-electron chi connectivity index (χ2n) is 4.43. The molecule has 5 nitrogen and oxygen atoms in total. The van der Waals surface area contributed by atoms with Crippen molar-refractivity contribution in [3.63, 3.8) is 0 Å². The summed E-state index contributed by atoms with van der Waals surface area (Å²) in [6.45, 7) is 5.33. The number of carbonyl (C=O) groups is 1. The van der Waals surface area contributed by atoms with Gasteiger partial charge in [0.25, 0.3) is 0 Å². The van der Waals surface area contributed by atoms with Gasteiger partial charge in [-0.3, -0.25) is 14.6 Å². The molecule has 0 spiro atoms. The molecule has 0 aromatic rings. The molecule has 1 unspecified atom stereocenters. The third-order valence-corrected chi connectivity index (χ3v) is 3.39. The van der Waals surface area contributed by atoms with Crippen LogP contribution >= 0.6 is 0 Å². The fourth-order valence-corrected chi connectivity index (χ4v) is 2.48. The molecule has 2 saturated heterocycles. The zero-order valence-electron chi connectivity index (χ0n) is 9.60. The highest BCUT2D eigenvalue weighted by Gasteiger charge is 2.32. The Hall–Kier alpha value is -0.650. The van der Waals surface area contributed by atoms with Gasteiger partial charge in [0.1, 0.15) is 6.04 Å². The zero-order chi connectivity index (χ0) is 11.4. The Morgan fingerprint density at radius 3 is 2.88 bits per heavy atom. The number of aliphatic hydroxyl groups excluding tert-OH is 1. The fraction of sp³-hybridized carbons (Fsp3) is 0.909. The first-order valence-electron chi connectivity index (χ1n) is 6.05. The van der Waals surface area contributed by atoms with Crippen LogP contribution in [0.25, 0.3) is 0 Å². The quantitative estimate of drug-likeness (QED) is 0.648. The molecule has 2 rings (SSSR count). The lowest BCUT2D eigenvalue weighted by molar-refractivity contribution is -0.142. The van der Waals surface area contributed by atoms with Crippen molar-refractivity contribution in [1.29, 1.82) is 0 Å². The second-order valence-corrected chi connectivity index (χ2v) is 4.43. The smallest absolute Gasteiger partial charge is 0.323 e. The van der Waals surface area contributed by atoms with Crippen LogP contribution in [-0.2, 0) is 9.53 Å². The van der Waals surface area contributed by atoms with E-state index in [0.717, 1.165) is 45.6 Å². The van der Waals surface area contributed by atoms with Crippen molar-refractivity contribution in [3.8, 4) is 0 Å². The van der Waals surface area contributed by atoms with Gasteiger partial charge in [0.2, 0.25) is 0 Å². The summed E-state index contributed by atoms with van der Waals surface area (Å²) in [6, 6.07) is -0.0194. The molecule has 92 valence electrons. The summed E-state index contributed by atoms with van der Waals surface area (Å²) in [4.78, 5) is 16.0. The minimum Gasteiger partial charge on any atom is -0.464 e. The number of β-amino-alcohol motifs (C(OH)–C–C–N with tert-alkyl or cyclic N) is 1. The number of aliphatic hydroxyl groups is 1. The Morgan fingerprint density at radius 2 is 2.19 bits per heavy atom. The maximum Gasteiger partial charge on any atom is 0.323 e. The third-order valence-electron chi connectivity index (χ3n) is 3.39. The summed E-state index contributed by atoms with van der Waals surface area (Å²) in [5.74, 6) is -0.0596. The number of cyclic esters (lactones) is 1. The minimum absolute atomic E-state index is 0.0194. The first-order valence-corrected chi connectivity index (χ1v) is 6.05. The Bertz CT molecular complexity index is 247. The number of carbonyl (C=O) groups excluding carboxylic acids is 1. The van der Waals surface area contributed by atoms with Crippen LogP contribution in [0, 0.1) is 0 Å². The van der Waals surface area contributed by atoms with E-state index in [4.69, 9.17) is 9.84 Å². The predicted molar refractivity (Wildman–Crippen MR) is 59.1 cm³/mol. The van der Waals surface area contributed by atoms with Crippen molar-refractivity contribution in [2.45, 2.75) is 18.9 Å². The fourth-order valence-electron chi connectivity index (χ4n) is 2.48. The molecule has 1 atom stereocenters. The van der Waals surface area contributed by atoms with E-state index >= 15 is 0 Å². The van der Waals surface area contributed by atoms with E-state index in [1.807, 2.05) is 0 Å². The predicted octanol–water partition coefficient (Wildman–Crippen LogP) is -0.698. The van der Waals surface area contributed by atoms with Crippen molar-refractivity contribution in [1.82, 2.24) is 9.80 Å². The largest absolute Gasteiger partial charge is 0.464 e. The molecule has 0 aliphatic carbocycles. The van der Waals surface area contributed by atoms with Crippen LogP contribution in [-0.4, -0.2) is 72.9 Å². The van der Waals surface area contributed by atoms with Gasteiger partial charge in [-0.1, -0.05) is 0 Å². The molecule has 0 aromatic carbocycles. The molecule has 0 saturated carbocycles. The summed E-state index contributed by atoms with van der Waals surface area (Å²) in [7, 11) is 0. The SMILES string of the molecule is O=C1OCCC1N1CCCN(CCO)CC1.